The Morgan fingerprint density at radius 1 is 1.24 bits per heavy atom. The van der Waals surface area contributed by atoms with Gasteiger partial charge in [0.1, 0.15) is 16.9 Å². The number of fused-ring (bicyclic) bond motifs is 1. The van der Waals surface area contributed by atoms with Gasteiger partial charge in [0.25, 0.3) is 0 Å². The number of nitrogens with zero attached hydrogens (tertiary/aromatic N) is 5. The predicted octanol–water partition coefficient (Wildman–Crippen LogP) is 3.23. The van der Waals surface area contributed by atoms with E-state index in [0.29, 0.717) is 6.04 Å². The van der Waals surface area contributed by atoms with Gasteiger partial charge in [-0.1, -0.05) is 13.8 Å². The number of thioether (sulfide) groups is 1. The highest BCUT2D eigenvalue weighted by Gasteiger charge is 2.13. The zero-order valence-corrected chi connectivity index (χ0v) is 14.2. The van der Waals surface area contributed by atoms with Crippen LogP contribution in [0.15, 0.2) is 17.7 Å². The minimum Gasteiger partial charge on any atom is -0.312 e. The average molecular weight is 307 g/mol. The molecule has 6 heteroatoms. The number of imidazole rings is 1. The van der Waals surface area contributed by atoms with Crippen molar-refractivity contribution in [3.05, 3.63) is 12.7 Å². The summed E-state index contributed by atoms with van der Waals surface area (Å²) in [6, 6.07) is 0.412. The van der Waals surface area contributed by atoms with Crippen molar-refractivity contribution in [3.8, 4) is 0 Å². The van der Waals surface area contributed by atoms with Gasteiger partial charge in [-0.3, -0.25) is 0 Å². The summed E-state index contributed by atoms with van der Waals surface area (Å²) in [4.78, 5) is 15.6. The van der Waals surface area contributed by atoms with Crippen molar-refractivity contribution < 1.29 is 0 Å². The lowest BCUT2D eigenvalue weighted by atomic mass is 10.1. The molecular formula is C15H25N5S. The lowest BCUT2D eigenvalue weighted by Gasteiger charge is -2.19. The minimum atomic E-state index is 0.412. The van der Waals surface area contributed by atoms with E-state index >= 15 is 0 Å². The molecule has 0 amide bonds. The van der Waals surface area contributed by atoms with Gasteiger partial charge in [-0.25, -0.2) is 15.0 Å². The lowest BCUT2D eigenvalue weighted by Crippen LogP contribution is -2.24. The average Bonchev–Trinajstić information content (AvgIpc) is 2.95. The summed E-state index contributed by atoms with van der Waals surface area (Å²) < 4.78 is 2.18. The monoisotopic (exact) mass is 307 g/mol. The highest BCUT2D eigenvalue weighted by molar-refractivity contribution is 7.98. The molecule has 0 bridgehead atoms. The number of aromatic nitrogens is 4. The van der Waals surface area contributed by atoms with Crippen molar-refractivity contribution in [1.29, 1.82) is 0 Å². The lowest BCUT2D eigenvalue weighted by molar-refractivity contribution is 0.288. The van der Waals surface area contributed by atoms with Crippen LogP contribution in [0.5, 0.6) is 0 Å². The quantitative estimate of drug-likeness (QED) is 0.553. The summed E-state index contributed by atoms with van der Waals surface area (Å²) in [6.45, 7) is 10.1. The first kappa shape index (κ1) is 16.2. The molecule has 0 spiro atoms. The molecule has 0 saturated carbocycles. The Kier molecular flexibility index (Phi) is 5.99. The van der Waals surface area contributed by atoms with Gasteiger partial charge in [0, 0.05) is 6.04 Å². The first-order valence-electron chi connectivity index (χ1n) is 7.65. The van der Waals surface area contributed by atoms with E-state index in [1.807, 2.05) is 12.6 Å². The molecule has 2 aromatic rings. The molecule has 0 saturated heterocycles. The van der Waals surface area contributed by atoms with E-state index in [-0.39, 0.29) is 0 Å². The molecule has 2 aromatic heterocycles. The van der Waals surface area contributed by atoms with Crippen LogP contribution in [-0.4, -0.2) is 50.3 Å². The van der Waals surface area contributed by atoms with Crippen LogP contribution >= 0.6 is 11.8 Å². The molecule has 0 aromatic carbocycles. The Morgan fingerprint density at radius 3 is 2.67 bits per heavy atom. The molecule has 116 valence electrons. The summed E-state index contributed by atoms with van der Waals surface area (Å²) >= 11 is 1.62. The Hall–Kier alpha value is -1.14. The fourth-order valence-corrected chi connectivity index (χ4v) is 3.08. The molecule has 2 heterocycles. The largest absolute Gasteiger partial charge is 0.312 e. The van der Waals surface area contributed by atoms with Crippen molar-refractivity contribution in [2.75, 3.05) is 25.9 Å². The molecule has 0 aliphatic rings. The SMILES string of the molecule is CCN(CC)CCCC(C)n1cnc2c(SC)ncnc21. The van der Waals surface area contributed by atoms with Crippen LogP contribution in [0.25, 0.3) is 11.2 Å². The molecule has 2 rings (SSSR count). The van der Waals surface area contributed by atoms with E-state index in [4.69, 9.17) is 0 Å². The molecule has 21 heavy (non-hydrogen) atoms. The van der Waals surface area contributed by atoms with E-state index in [0.717, 1.165) is 42.2 Å². The highest BCUT2D eigenvalue weighted by Crippen LogP contribution is 2.24. The maximum absolute atomic E-state index is 4.49. The Labute approximate surface area is 131 Å². The van der Waals surface area contributed by atoms with Crippen molar-refractivity contribution >= 4 is 22.9 Å². The second kappa shape index (κ2) is 7.75. The Bertz CT molecular complexity index is 564. The van der Waals surface area contributed by atoms with Crippen molar-refractivity contribution in [3.63, 3.8) is 0 Å². The zero-order valence-electron chi connectivity index (χ0n) is 13.4. The van der Waals surface area contributed by atoms with Crippen LogP contribution in [0.1, 0.15) is 39.7 Å². The van der Waals surface area contributed by atoms with Crippen LogP contribution in [0.3, 0.4) is 0 Å². The van der Waals surface area contributed by atoms with Gasteiger partial charge in [0.05, 0.1) is 6.33 Å². The van der Waals surface area contributed by atoms with Gasteiger partial charge in [0.15, 0.2) is 5.65 Å². The van der Waals surface area contributed by atoms with E-state index in [1.165, 1.54) is 6.42 Å². The molecule has 0 fully saturated rings. The number of hydrogen-bond acceptors (Lipinski definition) is 5. The molecule has 0 aliphatic carbocycles. The molecular weight excluding hydrogens is 282 g/mol. The van der Waals surface area contributed by atoms with E-state index in [1.54, 1.807) is 18.1 Å². The van der Waals surface area contributed by atoms with Gasteiger partial charge in [-0.2, -0.15) is 0 Å². The topological polar surface area (TPSA) is 46.8 Å². The normalized spacial score (nSPS) is 13.2. The Morgan fingerprint density at radius 2 is 2.00 bits per heavy atom. The smallest absolute Gasteiger partial charge is 0.164 e. The minimum absolute atomic E-state index is 0.412. The summed E-state index contributed by atoms with van der Waals surface area (Å²) in [5.74, 6) is 0. The molecule has 1 unspecified atom stereocenters. The molecule has 0 aliphatic heterocycles. The third-order valence-corrected chi connectivity index (χ3v) is 4.67. The van der Waals surface area contributed by atoms with Gasteiger partial charge < -0.3 is 9.47 Å². The van der Waals surface area contributed by atoms with Crippen LogP contribution in [0.4, 0.5) is 0 Å². The highest BCUT2D eigenvalue weighted by atomic mass is 32.2. The second-order valence-corrected chi connectivity index (χ2v) is 6.02. The summed E-state index contributed by atoms with van der Waals surface area (Å²) in [5.41, 5.74) is 1.87. The van der Waals surface area contributed by atoms with Crippen LogP contribution in [0, 0.1) is 0 Å². The maximum Gasteiger partial charge on any atom is 0.164 e. The zero-order chi connectivity index (χ0) is 15.2. The van der Waals surface area contributed by atoms with Gasteiger partial charge in [0.2, 0.25) is 0 Å². The van der Waals surface area contributed by atoms with Gasteiger partial charge in [-0.05, 0) is 45.7 Å². The Balaban J connectivity index is 2.04. The first-order valence-corrected chi connectivity index (χ1v) is 8.87. The van der Waals surface area contributed by atoms with Crippen molar-refractivity contribution in [1.82, 2.24) is 24.4 Å². The number of rotatable bonds is 8. The third-order valence-electron chi connectivity index (χ3n) is 3.98. The molecule has 1 atom stereocenters. The standard InChI is InChI=1S/C15H25N5S/c1-5-19(6-2)9-7-8-12(3)20-11-18-13-14(20)16-10-17-15(13)21-4/h10-12H,5-9H2,1-4H3. The maximum atomic E-state index is 4.49. The number of hydrogen-bond donors (Lipinski definition) is 0. The predicted molar refractivity (Wildman–Crippen MR) is 88.8 cm³/mol. The fourth-order valence-electron chi connectivity index (χ4n) is 2.59. The van der Waals surface area contributed by atoms with E-state index < -0.39 is 0 Å². The second-order valence-electron chi connectivity index (χ2n) is 5.23. The molecule has 0 radical (unpaired) electrons. The van der Waals surface area contributed by atoms with Crippen LogP contribution in [0.2, 0.25) is 0 Å². The summed E-state index contributed by atoms with van der Waals surface area (Å²) in [7, 11) is 0. The molecule has 5 nitrogen and oxygen atoms in total. The van der Waals surface area contributed by atoms with Gasteiger partial charge >= 0.3 is 0 Å². The van der Waals surface area contributed by atoms with Crippen molar-refractivity contribution in [2.45, 2.75) is 44.7 Å². The van der Waals surface area contributed by atoms with Crippen LogP contribution < -0.4 is 0 Å². The molecule has 0 N–H and O–H groups in total. The van der Waals surface area contributed by atoms with Crippen LogP contribution in [-0.2, 0) is 0 Å². The van der Waals surface area contributed by atoms with E-state index in [2.05, 4.69) is 45.2 Å². The van der Waals surface area contributed by atoms with E-state index in [9.17, 15) is 0 Å². The summed E-state index contributed by atoms with van der Waals surface area (Å²) in [5, 5.41) is 0.953. The van der Waals surface area contributed by atoms with Crippen molar-refractivity contribution in [2.24, 2.45) is 0 Å². The van der Waals surface area contributed by atoms with Gasteiger partial charge in [-0.15, -0.1) is 11.8 Å². The fraction of sp³-hybridized carbons (Fsp3) is 0.667. The first-order chi connectivity index (χ1) is 10.2. The summed E-state index contributed by atoms with van der Waals surface area (Å²) in [6.07, 6.45) is 7.90. The third kappa shape index (κ3) is 3.74.